The van der Waals surface area contributed by atoms with Gasteiger partial charge in [0, 0.05) is 17.6 Å². The highest BCUT2D eigenvalue weighted by atomic mass is 35.5. The maximum absolute atomic E-state index is 14.1. The van der Waals surface area contributed by atoms with Gasteiger partial charge in [-0.1, -0.05) is 23.7 Å². The lowest BCUT2D eigenvalue weighted by Gasteiger charge is -2.41. The normalized spacial score (nSPS) is 17.2. The molecular formula is C26H32ClF3N4O2S2. The van der Waals surface area contributed by atoms with Crippen molar-refractivity contribution >= 4 is 38.9 Å². The van der Waals surface area contributed by atoms with Crippen molar-refractivity contribution in [2.24, 2.45) is 5.92 Å². The number of benzene rings is 2. The Kier molecular flexibility index (Phi) is 9.56. The van der Waals surface area contributed by atoms with Crippen molar-refractivity contribution in [2.75, 3.05) is 36.0 Å². The lowest BCUT2D eigenvalue weighted by atomic mass is 9.95. The smallest absolute Gasteiger partial charge is 0.298 e. The van der Waals surface area contributed by atoms with Crippen LogP contribution in [0.2, 0.25) is 5.02 Å². The first-order valence-corrected chi connectivity index (χ1v) is 15.5. The van der Waals surface area contributed by atoms with Crippen LogP contribution >= 0.6 is 23.4 Å². The van der Waals surface area contributed by atoms with Gasteiger partial charge in [-0.3, -0.25) is 9.91 Å². The molecule has 1 atom stereocenters. The van der Waals surface area contributed by atoms with Crippen LogP contribution in [0.15, 0.2) is 41.3 Å². The Morgan fingerprint density at radius 2 is 1.87 bits per heavy atom. The molecule has 1 aliphatic heterocycles. The molecule has 6 nitrogen and oxygen atoms in total. The summed E-state index contributed by atoms with van der Waals surface area (Å²) < 4.78 is 68.7. The number of anilines is 1. The van der Waals surface area contributed by atoms with E-state index in [0.29, 0.717) is 6.54 Å². The van der Waals surface area contributed by atoms with E-state index in [1.807, 2.05) is 0 Å². The van der Waals surface area contributed by atoms with Crippen molar-refractivity contribution in [1.29, 1.82) is 5.26 Å². The fraction of sp³-hybridized carbons (Fsp3) is 0.500. The zero-order valence-electron chi connectivity index (χ0n) is 21.8. The van der Waals surface area contributed by atoms with Gasteiger partial charge >= 0.3 is 6.18 Å². The first-order chi connectivity index (χ1) is 17.7. The first kappa shape index (κ1) is 30.4. The Hall–Kier alpha value is -2.13. The van der Waals surface area contributed by atoms with E-state index in [0.717, 1.165) is 25.5 Å². The van der Waals surface area contributed by atoms with Crippen LogP contribution < -0.4 is 10.4 Å². The van der Waals surface area contributed by atoms with Gasteiger partial charge in [-0.05, 0) is 82.2 Å². The SMILES string of the molecule is CSCN(NC#N)c1cc(Cl)c(-c2ccc(S(=O)(=O)CC3CCCN(C(C)(C)C)C3)cc2)c(C(F)(F)F)c1. The minimum atomic E-state index is -4.74. The van der Waals surface area contributed by atoms with Crippen molar-refractivity contribution in [1.82, 2.24) is 10.3 Å². The summed E-state index contributed by atoms with van der Waals surface area (Å²) >= 11 is 7.67. The molecule has 1 N–H and O–H groups in total. The maximum atomic E-state index is 14.1. The van der Waals surface area contributed by atoms with Crippen molar-refractivity contribution in [3.63, 3.8) is 0 Å². The standard InChI is InChI=1S/C26H32ClF3N4O2S2/c1-25(2,3)33-11-5-6-18(14-33)15-38(35,36)21-9-7-19(8-10-21)24-22(26(28,29)30)12-20(13-23(24)27)34(17-37-4)32-16-31/h7-10,12-13,18,32H,5-6,11,14-15,17H2,1-4H3. The van der Waals surface area contributed by atoms with Gasteiger partial charge in [-0.2, -0.15) is 18.4 Å². The number of hydrogen-bond donors (Lipinski definition) is 1. The number of sulfone groups is 1. The van der Waals surface area contributed by atoms with Crippen LogP contribution in [0.25, 0.3) is 11.1 Å². The summed E-state index contributed by atoms with van der Waals surface area (Å²) in [6, 6.07) is 7.68. The molecule has 0 saturated carbocycles. The number of nitriles is 1. The molecule has 0 radical (unpaired) electrons. The average Bonchev–Trinajstić information content (AvgIpc) is 2.82. The van der Waals surface area contributed by atoms with Crippen LogP contribution in [0.3, 0.4) is 0 Å². The van der Waals surface area contributed by atoms with Crippen molar-refractivity contribution < 1.29 is 21.6 Å². The predicted molar refractivity (Wildman–Crippen MR) is 148 cm³/mol. The summed E-state index contributed by atoms with van der Waals surface area (Å²) in [6.45, 7) is 7.94. The molecule has 1 unspecified atom stereocenters. The van der Waals surface area contributed by atoms with E-state index in [-0.39, 0.29) is 49.8 Å². The summed E-state index contributed by atoms with van der Waals surface area (Å²) in [7, 11) is -3.64. The largest absolute Gasteiger partial charge is 0.417 e. The van der Waals surface area contributed by atoms with Gasteiger partial charge in [-0.15, -0.1) is 11.8 Å². The van der Waals surface area contributed by atoms with Gasteiger partial charge < -0.3 is 0 Å². The van der Waals surface area contributed by atoms with E-state index in [4.69, 9.17) is 16.9 Å². The van der Waals surface area contributed by atoms with Crippen LogP contribution in [-0.4, -0.2) is 49.8 Å². The number of halogens is 4. The Bertz CT molecular complexity index is 1270. The summed E-state index contributed by atoms with van der Waals surface area (Å²) in [5.74, 6) is 0.179. The highest BCUT2D eigenvalue weighted by Gasteiger charge is 2.36. The molecule has 1 aliphatic rings. The number of hydrogen-bond acceptors (Lipinski definition) is 7. The number of piperidine rings is 1. The van der Waals surface area contributed by atoms with Gasteiger partial charge in [0.1, 0.15) is 0 Å². The molecule has 0 spiro atoms. The van der Waals surface area contributed by atoms with Crippen molar-refractivity contribution in [2.45, 2.75) is 50.2 Å². The number of alkyl halides is 3. The average molecular weight is 589 g/mol. The van der Waals surface area contributed by atoms with Gasteiger partial charge in [0.25, 0.3) is 0 Å². The first-order valence-electron chi connectivity index (χ1n) is 12.1. The molecule has 0 amide bonds. The van der Waals surface area contributed by atoms with E-state index >= 15 is 0 Å². The van der Waals surface area contributed by atoms with E-state index in [2.05, 4.69) is 31.1 Å². The molecule has 1 fully saturated rings. The van der Waals surface area contributed by atoms with Crippen molar-refractivity contribution in [3.05, 3.63) is 47.0 Å². The molecule has 1 saturated heterocycles. The Morgan fingerprint density at radius 3 is 2.42 bits per heavy atom. The zero-order valence-corrected chi connectivity index (χ0v) is 24.2. The number of hydrazine groups is 1. The lowest BCUT2D eigenvalue weighted by molar-refractivity contribution is -0.137. The second kappa shape index (κ2) is 11.9. The predicted octanol–water partition coefficient (Wildman–Crippen LogP) is 6.42. The Balaban J connectivity index is 1.92. The molecule has 0 aliphatic carbocycles. The molecular weight excluding hydrogens is 557 g/mol. The fourth-order valence-electron chi connectivity index (χ4n) is 4.67. The number of nitrogens with zero attached hydrogens (tertiary/aromatic N) is 3. The Labute approximate surface area is 232 Å². The summed E-state index contributed by atoms with van der Waals surface area (Å²) in [4.78, 5) is 2.36. The van der Waals surface area contributed by atoms with Crippen LogP contribution in [0.5, 0.6) is 0 Å². The molecule has 0 bridgehead atoms. The summed E-state index contributed by atoms with van der Waals surface area (Å²) in [5, 5.41) is 10.1. The second-order valence-electron chi connectivity index (χ2n) is 10.3. The number of likely N-dealkylation sites (tertiary alicyclic amines) is 1. The Morgan fingerprint density at radius 1 is 1.21 bits per heavy atom. The molecule has 208 valence electrons. The molecule has 3 rings (SSSR count). The third-order valence-electron chi connectivity index (χ3n) is 6.56. The third-order valence-corrected chi connectivity index (χ3v) is 9.28. The quantitative estimate of drug-likeness (QED) is 0.165. The minimum absolute atomic E-state index is 0.0145. The highest BCUT2D eigenvalue weighted by Crippen LogP contribution is 2.43. The molecule has 38 heavy (non-hydrogen) atoms. The van der Waals surface area contributed by atoms with Crippen LogP contribution in [-0.2, 0) is 16.0 Å². The number of rotatable bonds is 8. The maximum Gasteiger partial charge on any atom is 0.417 e. The monoisotopic (exact) mass is 588 g/mol. The summed E-state index contributed by atoms with van der Waals surface area (Å²) in [5.41, 5.74) is 1.31. The molecule has 2 aromatic rings. The van der Waals surface area contributed by atoms with Gasteiger partial charge in [0.05, 0.1) is 32.8 Å². The highest BCUT2D eigenvalue weighted by molar-refractivity contribution is 7.98. The van der Waals surface area contributed by atoms with E-state index < -0.39 is 21.6 Å². The van der Waals surface area contributed by atoms with E-state index in [1.165, 1.54) is 47.1 Å². The lowest BCUT2D eigenvalue weighted by Crippen LogP contribution is -2.48. The van der Waals surface area contributed by atoms with Gasteiger partial charge in [0.15, 0.2) is 16.0 Å². The van der Waals surface area contributed by atoms with Crippen LogP contribution in [0.1, 0.15) is 39.2 Å². The molecule has 1 heterocycles. The third kappa shape index (κ3) is 7.29. The van der Waals surface area contributed by atoms with Gasteiger partial charge in [-0.25, -0.2) is 13.8 Å². The molecule has 0 aromatic heterocycles. The molecule has 12 heteroatoms. The van der Waals surface area contributed by atoms with Crippen LogP contribution in [0, 0.1) is 17.4 Å². The van der Waals surface area contributed by atoms with E-state index in [1.54, 1.807) is 12.4 Å². The van der Waals surface area contributed by atoms with Gasteiger partial charge in [0.2, 0.25) is 0 Å². The second-order valence-corrected chi connectivity index (χ2v) is 13.6. The topological polar surface area (TPSA) is 76.4 Å². The van der Waals surface area contributed by atoms with E-state index in [9.17, 15) is 21.6 Å². The minimum Gasteiger partial charge on any atom is -0.298 e. The fourth-order valence-corrected chi connectivity index (χ4v) is 7.10. The molecule has 2 aromatic carbocycles. The zero-order chi connectivity index (χ0) is 28.3. The summed E-state index contributed by atoms with van der Waals surface area (Å²) in [6.07, 6.45) is 0.456. The number of thioether (sulfide) groups is 1. The van der Waals surface area contributed by atoms with Crippen LogP contribution in [0.4, 0.5) is 18.9 Å². The van der Waals surface area contributed by atoms with Crippen molar-refractivity contribution in [3.8, 4) is 17.3 Å². The number of nitrogens with one attached hydrogen (secondary N) is 1.